The summed E-state index contributed by atoms with van der Waals surface area (Å²) in [5, 5.41) is 0. The highest BCUT2D eigenvalue weighted by molar-refractivity contribution is 5.75. The van der Waals surface area contributed by atoms with E-state index >= 15 is 0 Å². The molecule has 2 aromatic carbocycles. The molecule has 0 aliphatic carbocycles. The Balaban J connectivity index is 1.89. The Morgan fingerprint density at radius 2 is 1.19 bits per heavy atom. The quantitative estimate of drug-likeness (QED) is 0.729. The van der Waals surface area contributed by atoms with E-state index in [0.717, 1.165) is 31.1 Å². The maximum atomic E-state index is 6.02. The van der Waals surface area contributed by atoms with Gasteiger partial charge < -0.3 is 21.3 Å². The number of anilines is 4. The zero-order valence-electron chi connectivity index (χ0n) is 12.5. The molecule has 4 nitrogen and oxygen atoms in total. The molecule has 0 saturated carbocycles. The minimum Gasteiger partial charge on any atom is -0.399 e. The molecular weight excluding hydrogens is 260 g/mol. The minimum atomic E-state index is 0.850. The highest BCUT2D eigenvalue weighted by atomic mass is 15.4. The summed E-state index contributed by atoms with van der Waals surface area (Å²) in [4.78, 5) is 4.85. The van der Waals surface area contributed by atoms with Gasteiger partial charge >= 0.3 is 0 Å². The first-order valence-electron chi connectivity index (χ1n) is 7.31. The number of nitrogens with zero attached hydrogens (tertiary/aromatic N) is 2. The normalized spacial score (nSPS) is 15.7. The van der Waals surface area contributed by atoms with Crippen LogP contribution in [0.5, 0.6) is 0 Å². The van der Waals surface area contributed by atoms with E-state index in [1.807, 2.05) is 0 Å². The van der Waals surface area contributed by atoms with E-state index in [-0.39, 0.29) is 0 Å². The number of hydrogen-bond acceptors (Lipinski definition) is 4. The standard InChI is InChI=1S/C17H20N4/c1-10-3-14(18)5-12-7-21-9-20(16(10)12)8-13-6-15(19)4-11(2)17(13)21/h3-6H,7-9,18-19H2,1-2H3. The van der Waals surface area contributed by atoms with Crippen LogP contribution < -0.4 is 21.3 Å². The first-order chi connectivity index (χ1) is 10.0. The SMILES string of the molecule is Cc1cc(N)cc2c1N1Cc3cc(N)cc(C)c3N(C2)C1. The second kappa shape index (κ2) is 4.07. The molecule has 2 heterocycles. The van der Waals surface area contributed by atoms with Gasteiger partial charge in [-0.2, -0.15) is 0 Å². The summed E-state index contributed by atoms with van der Waals surface area (Å²) in [5.74, 6) is 0. The molecule has 0 atom stereocenters. The van der Waals surface area contributed by atoms with E-state index in [1.165, 1.54) is 33.6 Å². The van der Waals surface area contributed by atoms with E-state index in [9.17, 15) is 0 Å². The van der Waals surface area contributed by atoms with Gasteiger partial charge in [-0.1, -0.05) is 0 Å². The van der Waals surface area contributed by atoms with Crippen molar-refractivity contribution < 1.29 is 0 Å². The lowest BCUT2D eigenvalue weighted by Crippen LogP contribution is -2.46. The zero-order chi connectivity index (χ0) is 14.7. The Hall–Kier alpha value is -2.36. The van der Waals surface area contributed by atoms with E-state index in [4.69, 9.17) is 11.5 Å². The highest BCUT2D eigenvalue weighted by Crippen LogP contribution is 2.42. The molecule has 4 heteroatoms. The van der Waals surface area contributed by atoms with E-state index < -0.39 is 0 Å². The van der Waals surface area contributed by atoms with E-state index in [1.54, 1.807) is 0 Å². The lowest BCUT2D eigenvalue weighted by Gasteiger charge is -2.46. The van der Waals surface area contributed by atoms with Gasteiger partial charge in [-0.05, 0) is 60.4 Å². The molecule has 0 amide bonds. The van der Waals surface area contributed by atoms with Crippen molar-refractivity contribution in [2.24, 2.45) is 0 Å². The lowest BCUT2D eigenvalue weighted by atomic mass is 9.96. The summed E-state index contributed by atoms with van der Waals surface area (Å²) in [6.45, 7) is 7.05. The molecule has 2 aliphatic rings. The molecule has 0 aromatic heterocycles. The van der Waals surface area contributed by atoms with Crippen LogP contribution in [0.3, 0.4) is 0 Å². The lowest BCUT2D eigenvalue weighted by molar-refractivity contribution is 0.647. The Morgan fingerprint density at radius 1 is 0.762 bits per heavy atom. The van der Waals surface area contributed by atoms with Gasteiger partial charge in [0.15, 0.2) is 0 Å². The van der Waals surface area contributed by atoms with Gasteiger partial charge in [-0.25, -0.2) is 0 Å². The van der Waals surface area contributed by atoms with Gasteiger partial charge in [-0.3, -0.25) is 0 Å². The van der Waals surface area contributed by atoms with Crippen LogP contribution in [0.2, 0.25) is 0 Å². The van der Waals surface area contributed by atoms with Gasteiger partial charge in [-0.15, -0.1) is 0 Å². The number of nitrogen functional groups attached to an aromatic ring is 2. The fraction of sp³-hybridized carbons (Fsp3) is 0.294. The fourth-order valence-electron chi connectivity index (χ4n) is 3.93. The maximum absolute atomic E-state index is 6.02. The van der Waals surface area contributed by atoms with Gasteiger partial charge in [0.1, 0.15) is 0 Å². The molecule has 4 N–H and O–H groups in total. The van der Waals surface area contributed by atoms with E-state index in [2.05, 4.69) is 47.9 Å². The second-order valence-electron chi connectivity index (χ2n) is 6.23. The van der Waals surface area contributed by atoms with Crippen molar-refractivity contribution in [2.75, 3.05) is 27.9 Å². The molecule has 108 valence electrons. The maximum Gasteiger partial charge on any atom is 0.0910 e. The Bertz CT molecular complexity index is 687. The largest absolute Gasteiger partial charge is 0.399 e. The second-order valence-corrected chi connectivity index (χ2v) is 6.23. The number of nitrogens with two attached hydrogens (primary N) is 2. The third kappa shape index (κ3) is 1.75. The smallest absolute Gasteiger partial charge is 0.0910 e. The van der Waals surface area contributed by atoms with Crippen LogP contribution in [-0.2, 0) is 13.1 Å². The van der Waals surface area contributed by atoms with Crippen LogP contribution in [0.25, 0.3) is 0 Å². The highest BCUT2D eigenvalue weighted by Gasteiger charge is 2.31. The zero-order valence-corrected chi connectivity index (χ0v) is 12.5. The fourth-order valence-corrected chi connectivity index (χ4v) is 3.93. The van der Waals surface area contributed by atoms with Crippen LogP contribution in [0.1, 0.15) is 22.3 Å². The Kier molecular flexibility index (Phi) is 2.40. The van der Waals surface area contributed by atoms with Crippen LogP contribution in [0.4, 0.5) is 22.7 Å². The molecule has 0 fully saturated rings. The van der Waals surface area contributed by atoms with Crippen LogP contribution >= 0.6 is 0 Å². The van der Waals surface area contributed by atoms with Crippen LogP contribution in [0.15, 0.2) is 24.3 Å². The number of fused-ring (bicyclic) bond motifs is 6. The van der Waals surface area contributed by atoms with Crippen molar-refractivity contribution >= 4 is 22.7 Å². The summed E-state index contributed by atoms with van der Waals surface area (Å²) in [7, 11) is 0. The molecule has 2 bridgehead atoms. The Labute approximate surface area is 125 Å². The van der Waals surface area contributed by atoms with Gasteiger partial charge in [0.25, 0.3) is 0 Å². The molecule has 0 unspecified atom stereocenters. The third-order valence-electron chi connectivity index (χ3n) is 4.50. The molecule has 0 radical (unpaired) electrons. The predicted molar refractivity (Wildman–Crippen MR) is 88.4 cm³/mol. The average Bonchev–Trinajstić information content (AvgIpc) is 2.35. The van der Waals surface area contributed by atoms with Gasteiger partial charge in [0, 0.05) is 35.8 Å². The van der Waals surface area contributed by atoms with Crippen molar-refractivity contribution in [1.29, 1.82) is 0 Å². The third-order valence-corrected chi connectivity index (χ3v) is 4.50. The topological polar surface area (TPSA) is 58.5 Å². The van der Waals surface area contributed by atoms with Crippen molar-refractivity contribution in [3.05, 3.63) is 46.5 Å². The van der Waals surface area contributed by atoms with Crippen LogP contribution in [-0.4, -0.2) is 6.67 Å². The first kappa shape index (κ1) is 12.4. The van der Waals surface area contributed by atoms with Gasteiger partial charge in [0.2, 0.25) is 0 Å². The van der Waals surface area contributed by atoms with Gasteiger partial charge in [0.05, 0.1) is 6.67 Å². The van der Waals surface area contributed by atoms with Crippen molar-refractivity contribution in [3.63, 3.8) is 0 Å². The summed E-state index contributed by atoms with van der Waals surface area (Å²) >= 11 is 0. The molecular formula is C17H20N4. The Morgan fingerprint density at radius 3 is 1.62 bits per heavy atom. The van der Waals surface area contributed by atoms with Crippen molar-refractivity contribution in [1.82, 2.24) is 0 Å². The summed E-state index contributed by atoms with van der Waals surface area (Å²) < 4.78 is 0. The summed E-state index contributed by atoms with van der Waals surface area (Å²) in [6, 6.07) is 8.35. The number of aryl methyl sites for hydroxylation is 2. The monoisotopic (exact) mass is 280 g/mol. The molecule has 0 spiro atoms. The minimum absolute atomic E-state index is 0.850. The molecule has 21 heavy (non-hydrogen) atoms. The predicted octanol–water partition coefficient (Wildman–Crippen LogP) is 2.77. The molecule has 0 saturated heterocycles. The van der Waals surface area contributed by atoms with Crippen molar-refractivity contribution in [3.8, 4) is 0 Å². The van der Waals surface area contributed by atoms with E-state index in [0.29, 0.717) is 0 Å². The first-order valence-corrected chi connectivity index (χ1v) is 7.31. The van der Waals surface area contributed by atoms with Crippen LogP contribution in [0, 0.1) is 13.8 Å². The summed E-state index contributed by atoms with van der Waals surface area (Å²) in [6.07, 6.45) is 0. The summed E-state index contributed by atoms with van der Waals surface area (Å²) in [5.41, 5.74) is 21.6. The molecule has 2 aliphatic heterocycles. The van der Waals surface area contributed by atoms with Crippen molar-refractivity contribution in [2.45, 2.75) is 26.9 Å². The number of rotatable bonds is 0. The molecule has 2 aromatic rings. The average molecular weight is 280 g/mol. The number of hydrogen-bond donors (Lipinski definition) is 2. The number of benzene rings is 2. The molecule has 4 rings (SSSR count).